The molecule has 1 saturated heterocycles. The number of nitrogens with zero attached hydrogens (tertiary/aromatic N) is 1. The highest BCUT2D eigenvalue weighted by Gasteiger charge is 2.30. The molecule has 2 aliphatic rings. The van der Waals surface area contributed by atoms with Gasteiger partial charge in [-0.25, -0.2) is 0 Å². The van der Waals surface area contributed by atoms with Crippen molar-refractivity contribution >= 4 is 16.9 Å². The van der Waals surface area contributed by atoms with Crippen LogP contribution in [-0.4, -0.2) is 36.7 Å². The second-order valence-corrected chi connectivity index (χ2v) is 6.79. The van der Waals surface area contributed by atoms with Gasteiger partial charge in [0.15, 0.2) is 5.17 Å². The Balaban J connectivity index is 1.68. The molecule has 1 N–H and O–H groups in total. The molecule has 0 aromatic heterocycles. The van der Waals surface area contributed by atoms with E-state index in [0.717, 1.165) is 31.3 Å². The summed E-state index contributed by atoms with van der Waals surface area (Å²) in [6, 6.07) is 0. The molecule has 0 saturated carbocycles. The zero-order chi connectivity index (χ0) is 13.6. The van der Waals surface area contributed by atoms with Gasteiger partial charge in [-0.2, -0.15) is 0 Å². The Labute approximate surface area is 122 Å². The summed E-state index contributed by atoms with van der Waals surface area (Å²) < 4.78 is 5.75. The lowest BCUT2D eigenvalue weighted by molar-refractivity contribution is 0.0122. The molecule has 1 fully saturated rings. The largest absolute Gasteiger partial charge is 0.378 e. The maximum Gasteiger partial charge on any atom is 0.156 e. The molecule has 0 aromatic carbocycles. The highest BCUT2D eigenvalue weighted by atomic mass is 32.2. The molecule has 0 spiro atoms. The number of ether oxygens (including phenoxy) is 1. The van der Waals surface area contributed by atoms with Crippen LogP contribution in [0.5, 0.6) is 0 Å². The van der Waals surface area contributed by atoms with Crippen LogP contribution in [0.25, 0.3) is 0 Å². The first-order valence-corrected chi connectivity index (χ1v) is 8.79. The summed E-state index contributed by atoms with van der Waals surface area (Å²) in [4.78, 5) is 4.74. The molecule has 0 aromatic rings. The fourth-order valence-corrected chi connectivity index (χ4v) is 4.01. The van der Waals surface area contributed by atoms with Crippen molar-refractivity contribution in [1.29, 1.82) is 0 Å². The van der Waals surface area contributed by atoms with E-state index in [1.54, 1.807) is 0 Å². The van der Waals surface area contributed by atoms with Gasteiger partial charge >= 0.3 is 0 Å². The maximum absolute atomic E-state index is 5.75. The van der Waals surface area contributed by atoms with Crippen molar-refractivity contribution in [3.63, 3.8) is 0 Å². The first kappa shape index (κ1) is 15.2. The van der Waals surface area contributed by atoms with E-state index in [1.165, 1.54) is 37.9 Å². The van der Waals surface area contributed by atoms with Gasteiger partial charge in [-0.05, 0) is 43.9 Å². The SMILES string of the molecule is CCC1(CC)CN=C(NCCC2CCCCO2)SC1. The predicted octanol–water partition coefficient (Wildman–Crippen LogP) is 3.44. The molecule has 3 nitrogen and oxygen atoms in total. The molecule has 0 radical (unpaired) electrons. The summed E-state index contributed by atoms with van der Waals surface area (Å²) in [5, 5.41) is 4.63. The first-order valence-electron chi connectivity index (χ1n) is 7.81. The Morgan fingerprint density at radius 2 is 2.21 bits per heavy atom. The fourth-order valence-electron chi connectivity index (χ4n) is 2.71. The van der Waals surface area contributed by atoms with E-state index < -0.39 is 0 Å². The third kappa shape index (κ3) is 4.38. The molecular weight excluding hydrogens is 256 g/mol. The molecular formula is C15H28N2OS. The molecule has 0 aliphatic carbocycles. The number of hydrogen-bond acceptors (Lipinski definition) is 4. The first-order chi connectivity index (χ1) is 9.28. The minimum Gasteiger partial charge on any atom is -0.378 e. The average Bonchev–Trinajstić information content (AvgIpc) is 2.49. The zero-order valence-corrected chi connectivity index (χ0v) is 13.2. The average molecular weight is 284 g/mol. The van der Waals surface area contributed by atoms with Crippen molar-refractivity contribution in [3.8, 4) is 0 Å². The third-order valence-electron chi connectivity index (χ3n) is 4.59. The van der Waals surface area contributed by atoms with E-state index in [1.807, 2.05) is 11.8 Å². The Hall–Kier alpha value is -0.220. The summed E-state index contributed by atoms with van der Waals surface area (Å²) in [7, 11) is 0. The Bertz CT molecular complexity index is 297. The summed E-state index contributed by atoms with van der Waals surface area (Å²) >= 11 is 1.90. The maximum atomic E-state index is 5.75. The Morgan fingerprint density at radius 1 is 1.37 bits per heavy atom. The third-order valence-corrected chi connectivity index (χ3v) is 5.89. The van der Waals surface area contributed by atoms with Crippen molar-refractivity contribution in [2.24, 2.45) is 10.4 Å². The van der Waals surface area contributed by atoms with Crippen LogP contribution in [-0.2, 0) is 4.74 Å². The van der Waals surface area contributed by atoms with Crippen molar-refractivity contribution in [2.45, 2.75) is 58.5 Å². The van der Waals surface area contributed by atoms with E-state index >= 15 is 0 Å². The normalized spacial score (nSPS) is 26.8. The standard InChI is InChI=1S/C15H28N2OS/c1-3-15(4-2)11-17-14(19-12-15)16-9-8-13-7-5-6-10-18-13/h13H,3-12H2,1-2H3,(H,16,17). The van der Waals surface area contributed by atoms with Gasteiger partial charge in [0.25, 0.3) is 0 Å². The van der Waals surface area contributed by atoms with Gasteiger partial charge in [0.1, 0.15) is 0 Å². The number of amidine groups is 1. The summed E-state index contributed by atoms with van der Waals surface area (Å²) in [5.74, 6) is 1.21. The molecule has 0 amide bonds. The summed E-state index contributed by atoms with van der Waals surface area (Å²) in [6.45, 7) is 7.53. The number of thioether (sulfide) groups is 1. The highest BCUT2D eigenvalue weighted by Crippen LogP contribution is 2.34. The molecule has 19 heavy (non-hydrogen) atoms. The van der Waals surface area contributed by atoms with Crippen LogP contribution in [0, 0.1) is 5.41 Å². The van der Waals surface area contributed by atoms with Crippen molar-refractivity contribution < 1.29 is 4.74 Å². The molecule has 0 bridgehead atoms. The van der Waals surface area contributed by atoms with Crippen LogP contribution in [0.15, 0.2) is 4.99 Å². The summed E-state index contributed by atoms with van der Waals surface area (Å²) in [5.41, 5.74) is 0.447. The number of aliphatic imine (C=N–C) groups is 1. The number of hydrogen-bond donors (Lipinski definition) is 1. The molecule has 110 valence electrons. The van der Waals surface area contributed by atoms with E-state index in [9.17, 15) is 0 Å². The van der Waals surface area contributed by atoms with Crippen LogP contribution in [0.4, 0.5) is 0 Å². The van der Waals surface area contributed by atoms with Crippen molar-refractivity contribution in [2.75, 3.05) is 25.4 Å². The predicted molar refractivity (Wildman–Crippen MR) is 84.0 cm³/mol. The smallest absolute Gasteiger partial charge is 0.156 e. The summed E-state index contributed by atoms with van der Waals surface area (Å²) in [6.07, 6.45) is 7.87. The number of rotatable bonds is 5. The van der Waals surface area contributed by atoms with Crippen molar-refractivity contribution in [3.05, 3.63) is 0 Å². The lowest BCUT2D eigenvalue weighted by Crippen LogP contribution is -2.35. The van der Waals surface area contributed by atoms with E-state index in [-0.39, 0.29) is 0 Å². The van der Waals surface area contributed by atoms with Crippen LogP contribution in [0.1, 0.15) is 52.4 Å². The highest BCUT2D eigenvalue weighted by molar-refractivity contribution is 8.13. The van der Waals surface area contributed by atoms with E-state index in [0.29, 0.717) is 11.5 Å². The minimum absolute atomic E-state index is 0.447. The van der Waals surface area contributed by atoms with Crippen LogP contribution < -0.4 is 5.32 Å². The molecule has 2 rings (SSSR count). The van der Waals surface area contributed by atoms with Crippen LogP contribution in [0.2, 0.25) is 0 Å². The van der Waals surface area contributed by atoms with Crippen LogP contribution >= 0.6 is 11.8 Å². The zero-order valence-electron chi connectivity index (χ0n) is 12.4. The second-order valence-electron chi connectivity index (χ2n) is 5.82. The lowest BCUT2D eigenvalue weighted by Gasteiger charge is -2.33. The molecule has 1 atom stereocenters. The van der Waals surface area contributed by atoms with Gasteiger partial charge in [-0.15, -0.1) is 0 Å². The topological polar surface area (TPSA) is 33.6 Å². The second kappa shape index (κ2) is 7.53. The van der Waals surface area contributed by atoms with Crippen molar-refractivity contribution in [1.82, 2.24) is 5.32 Å². The van der Waals surface area contributed by atoms with Gasteiger partial charge in [0.2, 0.25) is 0 Å². The van der Waals surface area contributed by atoms with E-state index in [4.69, 9.17) is 9.73 Å². The Morgan fingerprint density at radius 3 is 2.79 bits per heavy atom. The van der Waals surface area contributed by atoms with Gasteiger partial charge in [0, 0.05) is 25.4 Å². The van der Waals surface area contributed by atoms with Gasteiger partial charge in [-0.1, -0.05) is 25.6 Å². The quantitative estimate of drug-likeness (QED) is 0.839. The van der Waals surface area contributed by atoms with E-state index in [2.05, 4.69) is 19.2 Å². The van der Waals surface area contributed by atoms with Gasteiger partial charge < -0.3 is 10.1 Å². The fraction of sp³-hybridized carbons (Fsp3) is 0.933. The molecule has 4 heteroatoms. The lowest BCUT2D eigenvalue weighted by atomic mass is 9.84. The Kier molecular flexibility index (Phi) is 6.02. The van der Waals surface area contributed by atoms with Gasteiger partial charge in [0.05, 0.1) is 6.10 Å². The molecule has 2 heterocycles. The monoisotopic (exact) mass is 284 g/mol. The van der Waals surface area contributed by atoms with Crippen LogP contribution in [0.3, 0.4) is 0 Å². The number of nitrogens with one attached hydrogen (secondary N) is 1. The molecule has 2 aliphatic heterocycles. The minimum atomic E-state index is 0.447. The molecule has 1 unspecified atom stereocenters. The van der Waals surface area contributed by atoms with Gasteiger partial charge in [-0.3, -0.25) is 4.99 Å².